The summed E-state index contributed by atoms with van der Waals surface area (Å²) in [6.07, 6.45) is 3.99. The molecular formula is C11H21NO3. The van der Waals surface area contributed by atoms with Crippen molar-refractivity contribution in [1.29, 1.82) is 0 Å². The van der Waals surface area contributed by atoms with Crippen LogP contribution in [0, 0.1) is 5.92 Å². The van der Waals surface area contributed by atoms with Crippen LogP contribution >= 0.6 is 0 Å². The Balaban J connectivity index is 2.11. The highest BCUT2D eigenvalue weighted by Crippen LogP contribution is 2.21. The number of nitrogens with two attached hydrogens (primary N) is 1. The van der Waals surface area contributed by atoms with Gasteiger partial charge in [0.25, 0.3) is 0 Å². The van der Waals surface area contributed by atoms with Gasteiger partial charge in [-0.25, -0.2) is 0 Å². The molecule has 0 saturated heterocycles. The smallest absolute Gasteiger partial charge is 0.217 e. The largest absolute Gasteiger partial charge is 0.393 e. The van der Waals surface area contributed by atoms with Crippen molar-refractivity contribution in [3.05, 3.63) is 0 Å². The van der Waals surface area contributed by atoms with Gasteiger partial charge in [0.1, 0.15) is 0 Å². The monoisotopic (exact) mass is 215 g/mol. The van der Waals surface area contributed by atoms with Crippen molar-refractivity contribution in [3.63, 3.8) is 0 Å². The van der Waals surface area contributed by atoms with Crippen LogP contribution in [-0.4, -0.2) is 29.8 Å². The molecule has 0 aromatic rings. The van der Waals surface area contributed by atoms with Crippen LogP contribution in [0.5, 0.6) is 0 Å². The third-order valence-electron chi connectivity index (χ3n) is 2.81. The lowest BCUT2D eigenvalue weighted by Gasteiger charge is -2.26. The molecule has 0 unspecified atom stereocenters. The first kappa shape index (κ1) is 12.5. The van der Waals surface area contributed by atoms with Crippen molar-refractivity contribution in [2.24, 2.45) is 11.7 Å². The van der Waals surface area contributed by atoms with Crippen LogP contribution in [0.4, 0.5) is 0 Å². The van der Waals surface area contributed by atoms with Gasteiger partial charge in [-0.1, -0.05) is 6.92 Å². The van der Waals surface area contributed by atoms with Crippen LogP contribution in [0.3, 0.4) is 0 Å². The summed E-state index contributed by atoms with van der Waals surface area (Å²) in [5, 5.41) is 9.31. The van der Waals surface area contributed by atoms with Gasteiger partial charge in [0.2, 0.25) is 5.91 Å². The van der Waals surface area contributed by atoms with Gasteiger partial charge in [0.05, 0.1) is 12.2 Å². The Labute approximate surface area is 90.8 Å². The Morgan fingerprint density at radius 2 is 2.07 bits per heavy atom. The third-order valence-corrected chi connectivity index (χ3v) is 2.81. The molecule has 4 nitrogen and oxygen atoms in total. The Morgan fingerprint density at radius 3 is 2.60 bits per heavy atom. The highest BCUT2D eigenvalue weighted by molar-refractivity contribution is 5.73. The van der Waals surface area contributed by atoms with E-state index in [4.69, 9.17) is 10.5 Å². The molecule has 1 fully saturated rings. The van der Waals surface area contributed by atoms with Gasteiger partial charge < -0.3 is 15.6 Å². The van der Waals surface area contributed by atoms with Gasteiger partial charge in [-0.3, -0.25) is 4.79 Å². The number of amides is 1. The zero-order valence-corrected chi connectivity index (χ0v) is 9.32. The van der Waals surface area contributed by atoms with Crippen LogP contribution in [0.2, 0.25) is 0 Å². The first-order valence-electron chi connectivity index (χ1n) is 5.66. The maximum absolute atomic E-state index is 10.6. The topological polar surface area (TPSA) is 72.6 Å². The van der Waals surface area contributed by atoms with Crippen LogP contribution in [0.1, 0.15) is 39.0 Å². The van der Waals surface area contributed by atoms with Crippen molar-refractivity contribution < 1.29 is 14.6 Å². The van der Waals surface area contributed by atoms with Crippen LogP contribution in [-0.2, 0) is 9.53 Å². The average Bonchev–Trinajstić information content (AvgIpc) is 2.16. The van der Waals surface area contributed by atoms with Crippen LogP contribution in [0.15, 0.2) is 0 Å². The van der Waals surface area contributed by atoms with E-state index >= 15 is 0 Å². The maximum atomic E-state index is 10.6. The summed E-state index contributed by atoms with van der Waals surface area (Å²) >= 11 is 0. The molecule has 0 heterocycles. The van der Waals surface area contributed by atoms with Crippen molar-refractivity contribution >= 4 is 5.91 Å². The normalized spacial score (nSPS) is 28.7. The minimum Gasteiger partial charge on any atom is -0.393 e. The summed E-state index contributed by atoms with van der Waals surface area (Å²) in [6.45, 7) is 2.55. The van der Waals surface area contributed by atoms with E-state index in [1.165, 1.54) is 0 Å². The molecule has 1 atom stereocenters. The minimum absolute atomic E-state index is 0.145. The summed E-state index contributed by atoms with van der Waals surface area (Å²) in [6, 6.07) is 0. The fourth-order valence-corrected chi connectivity index (χ4v) is 1.91. The molecule has 0 bridgehead atoms. The number of hydrogen-bond donors (Lipinski definition) is 2. The zero-order valence-electron chi connectivity index (χ0n) is 9.32. The van der Waals surface area contributed by atoms with Gasteiger partial charge in [-0.2, -0.15) is 0 Å². The van der Waals surface area contributed by atoms with E-state index in [1.54, 1.807) is 0 Å². The summed E-state index contributed by atoms with van der Waals surface area (Å²) in [7, 11) is 0. The first-order valence-corrected chi connectivity index (χ1v) is 5.66. The fraction of sp³-hybridized carbons (Fsp3) is 0.909. The lowest BCUT2D eigenvalue weighted by atomic mass is 9.95. The number of carbonyl (C=O) groups excluding carboxylic acids is 1. The maximum Gasteiger partial charge on any atom is 0.217 e. The molecule has 3 N–H and O–H groups in total. The summed E-state index contributed by atoms with van der Waals surface area (Å²) in [4.78, 5) is 10.6. The van der Waals surface area contributed by atoms with Gasteiger partial charge >= 0.3 is 0 Å². The molecule has 88 valence electrons. The summed E-state index contributed by atoms with van der Waals surface area (Å²) in [5.74, 6) is -0.0838. The SMILES string of the molecule is C[C@@H](COC1CCC(O)CC1)CC(N)=O. The highest BCUT2D eigenvalue weighted by atomic mass is 16.5. The third kappa shape index (κ3) is 5.14. The average molecular weight is 215 g/mol. The van der Waals surface area contributed by atoms with E-state index in [0.29, 0.717) is 13.0 Å². The van der Waals surface area contributed by atoms with Gasteiger partial charge in [0.15, 0.2) is 0 Å². The van der Waals surface area contributed by atoms with E-state index in [2.05, 4.69) is 0 Å². The molecule has 0 radical (unpaired) electrons. The molecule has 1 rings (SSSR count). The second kappa shape index (κ2) is 6.08. The van der Waals surface area contributed by atoms with Gasteiger partial charge in [-0.05, 0) is 31.6 Å². The van der Waals surface area contributed by atoms with E-state index in [1.807, 2.05) is 6.92 Å². The summed E-state index contributed by atoms with van der Waals surface area (Å²) in [5.41, 5.74) is 5.09. The quantitative estimate of drug-likeness (QED) is 0.713. The Kier molecular flexibility index (Phi) is 5.05. The van der Waals surface area contributed by atoms with E-state index in [9.17, 15) is 9.90 Å². The Morgan fingerprint density at radius 1 is 1.47 bits per heavy atom. The molecule has 0 aliphatic heterocycles. The van der Waals surface area contributed by atoms with E-state index in [-0.39, 0.29) is 24.0 Å². The molecule has 1 aliphatic rings. The zero-order chi connectivity index (χ0) is 11.3. The van der Waals surface area contributed by atoms with Crippen molar-refractivity contribution in [2.75, 3.05) is 6.61 Å². The second-order valence-corrected chi connectivity index (χ2v) is 4.54. The molecule has 4 heteroatoms. The number of hydrogen-bond acceptors (Lipinski definition) is 3. The van der Waals surface area contributed by atoms with Gasteiger partial charge in [-0.15, -0.1) is 0 Å². The molecule has 0 aromatic carbocycles. The minimum atomic E-state index is -0.273. The van der Waals surface area contributed by atoms with Crippen LogP contribution in [0.25, 0.3) is 0 Å². The summed E-state index contributed by atoms with van der Waals surface area (Å²) < 4.78 is 5.68. The molecule has 1 amide bonds. The standard InChI is InChI=1S/C11H21NO3/c1-8(6-11(12)14)7-15-10-4-2-9(13)3-5-10/h8-10,13H,2-7H2,1H3,(H2,12,14)/t8-,9?,10?/m1/s1. The lowest BCUT2D eigenvalue weighted by molar-refractivity contribution is -0.119. The molecule has 0 spiro atoms. The van der Waals surface area contributed by atoms with E-state index in [0.717, 1.165) is 25.7 Å². The predicted octanol–water partition coefficient (Wildman–Crippen LogP) is 0.818. The van der Waals surface area contributed by atoms with Crippen LogP contribution < -0.4 is 5.73 Å². The molecular weight excluding hydrogens is 194 g/mol. The number of ether oxygens (including phenoxy) is 1. The number of rotatable bonds is 5. The molecule has 0 aromatic heterocycles. The number of aliphatic hydroxyl groups is 1. The van der Waals surface area contributed by atoms with E-state index < -0.39 is 0 Å². The lowest BCUT2D eigenvalue weighted by Crippen LogP contribution is -2.27. The Bertz CT molecular complexity index is 200. The Hall–Kier alpha value is -0.610. The van der Waals surface area contributed by atoms with Crippen molar-refractivity contribution in [2.45, 2.75) is 51.2 Å². The molecule has 15 heavy (non-hydrogen) atoms. The van der Waals surface area contributed by atoms with Gasteiger partial charge in [0, 0.05) is 13.0 Å². The first-order chi connectivity index (χ1) is 7.08. The number of aliphatic hydroxyl groups excluding tert-OH is 1. The highest BCUT2D eigenvalue weighted by Gasteiger charge is 2.20. The van der Waals surface area contributed by atoms with Crippen molar-refractivity contribution in [3.8, 4) is 0 Å². The number of carbonyl (C=O) groups is 1. The predicted molar refractivity (Wildman–Crippen MR) is 57.2 cm³/mol. The fourth-order valence-electron chi connectivity index (χ4n) is 1.91. The molecule has 1 aliphatic carbocycles. The van der Waals surface area contributed by atoms with Crippen molar-refractivity contribution in [1.82, 2.24) is 0 Å². The number of primary amides is 1. The molecule has 1 saturated carbocycles. The second-order valence-electron chi connectivity index (χ2n) is 4.54.